The van der Waals surface area contributed by atoms with Crippen LogP contribution in [-0.4, -0.2) is 12.2 Å². The zero-order valence-electron chi connectivity index (χ0n) is 7.59. The molecule has 1 aromatic carbocycles. The molecular weight excluding hydrogens is 166 g/mol. The molecule has 0 bridgehead atoms. The van der Waals surface area contributed by atoms with Crippen LogP contribution in [0.15, 0.2) is 16.7 Å². The molecule has 0 aliphatic carbocycles. The second-order valence-electron chi connectivity index (χ2n) is 2.95. The molecule has 0 unspecified atom stereocenters. The van der Waals surface area contributed by atoms with Crippen molar-refractivity contribution in [2.45, 2.75) is 6.92 Å². The van der Waals surface area contributed by atoms with E-state index in [9.17, 15) is 0 Å². The molecule has 0 saturated carbocycles. The Bertz CT molecular complexity index is 447. The Hall–Kier alpha value is -1.71. The lowest BCUT2D eigenvalue weighted by Gasteiger charge is -2.03. The molecule has 3 N–H and O–H groups in total. The first-order valence-electron chi connectivity index (χ1n) is 4.05. The van der Waals surface area contributed by atoms with Crippen molar-refractivity contribution >= 4 is 22.3 Å². The van der Waals surface area contributed by atoms with Crippen LogP contribution < -0.4 is 11.1 Å². The number of nitrogens with zero attached hydrogens (tertiary/aromatic N) is 1. The molecule has 0 aliphatic rings. The molecule has 68 valence electrons. The third-order valence-corrected chi connectivity index (χ3v) is 2.09. The number of nitrogen functional groups attached to an aromatic ring is 1. The lowest BCUT2D eigenvalue weighted by Crippen LogP contribution is -1.94. The predicted molar refractivity (Wildman–Crippen MR) is 52.7 cm³/mol. The maximum Gasteiger partial charge on any atom is 0.169 e. The van der Waals surface area contributed by atoms with Crippen LogP contribution >= 0.6 is 0 Å². The minimum atomic E-state index is 0.710. The summed E-state index contributed by atoms with van der Waals surface area (Å²) in [5, 5.41) is 7.81. The van der Waals surface area contributed by atoms with Gasteiger partial charge in [-0.15, -0.1) is 0 Å². The molecule has 4 nitrogen and oxygen atoms in total. The van der Waals surface area contributed by atoms with Gasteiger partial charge in [-0.3, -0.25) is 0 Å². The minimum absolute atomic E-state index is 0.710. The number of hydrogen-bond acceptors (Lipinski definition) is 4. The second-order valence-corrected chi connectivity index (χ2v) is 2.95. The van der Waals surface area contributed by atoms with Crippen LogP contribution in [0.2, 0.25) is 0 Å². The number of fused-ring (bicyclic) bond motifs is 1. The number of anilines is 2. The molecule has 0 spiro atoms. The van der Waals surface area contributed by atoms with Crippen molar-refractivity contribution in [3.05, 3.63) is 17.8 Å². The van der Waals surface area contributed by atoms with Crippen molar-refractivity contribution in [2.24, 2.45) is 0 Å². The number of aryl methyl sites for hydroxylation is 1. The Balaban J connectivity index is 2.76. The molecule has 2 aromatic rings. The fourth-order valence-corrected chi connectivity index (χ4v) is 1.34. The molecule has 2 rings (SSSR count). The molecule has 0 fully saturated rings. The highest BCUT2D eigenvalue weighted by atomic mass is 16.5. The predicted octanol–water partition coefficient (Wildman–Crippen LogP) is 1.76. The molecular formula is C9H11N3O. The number of aromatic nitrogens is 1. The lowest BCUT2D eigenvalue weighted by molar-refractivity contribution is 0.450. The van der Waals surface area contributed by atoms with Crippen molar-refractivity contribution in [1.82, 2.24) is 5.16 Å². The molecule has 0 amide bonds. The van der Waals surface area contributed by atoms with E-state index in [0.29, 0.717) is 5.69 Å². The maximum atomic E-state index is 5.79. The Kier molecular flexibility index (Phi) is 1.62. The van der Waals surface area contributed by atoms with E-state index in [4.69, 9.17) is 10.3 Å². The quantitative estimate of drug-likeness (QED) is 0.651. The standard InChI is InChI=1S/C9H11N3O/c1-5-6-3-7(10)8(11-2)4-9(6)13-12-5/h3-4,11H,10H2,1-2H3. The first-order chi connectivity index (χ1) is 6.22. The summed E-state index contributed by atoms with van der Waals surface area (Å²) in [4.78, 5) is 0. The van der Waals surface area contributed by atoms with Crippen LogP contribution in [0.25, 0.3) is 11.0 Å². The van der Waals surface area contributed by atoms with E-state index < -0.39 is 0 Å². The highest BCUT2D eigenvalue weighted by Gasteiger charge is 2.07. The summed E-state index contributed by atoms with van der Waals surface area (Å²) in [5.41, 5.74) is 8.99. The second kappa shape index (κ2) is 2.65. The van der Waals surface area contributed by atoms with Crippen molar-refractivity contribution < 1.29 is 4.52 Å². The summed E-state index contributed by atoms with van der Waals surface area (Å²) in [6.07, 6.45) is 0. The molecule has 0 atom stereocenters. The highest BCUT2D eigenvalue weighted by Crippen LogP contribution is 2.27. The summed E-state index contributed by atoms with van der Waals surface area (Å²) >= 11 is 0. The van der Waals surface area contributed by atoms with E-state index in [1.165, 1.54) is 0 Å². The van der Waals surface area contributed by atoms with E-state index in [2.05, 4.69) is 10.5 Å². The normalized spacial score (nSPS) is 10.6. The number of rotatable bonds is 1. The van der Waals surface area contributed by atoms with Gasteiger partial charge in [0.05, 0.1) is 17.1 Å². The van der Waals surface area contributed by atoms with Gasteiger partial charge in [0.2, 0.25) is 0 Å². The molecule has 1 aromatic heterocycles. The fraction of sp³-hybridized carbons (Fsp3) is 0.222. The maximum absolute atomic E-state index is 5.79. The van der Waals surface area contributed by atoms with E-state index in [-0.39, 0.29) is 0 Å². The molecule has 0 saturated heterocycles. The zero-order valence-corrected chi connectivity index (χ0v) is 7.59. The van der Waals surface area contributed by atoms with Crippen LogP contribution in [0.1, 0.15) is 5.69 Å². The van der Waals surface area contributed by atoms with E-state index >= 15 is 0 Å². The van der Waals surface area contributed by atoms with Crippen LogP contribution in [0.3, 0.4) is 0 Å². The third kappa shape index (κ3) is 1.11. The van der Waals surface area contributed by atoms with Crippen LogP contribution in [0, 0.1) is 6.92 Å². The topological polar surface area (TPSA) is 64.1 Å². The van der Waals surface area contributed by atoms with E-state index in [1.54, 1.807) is 0 Å². The number of nitrogens with one attached hydrogen (secondary N) is 1. The third-order valence-electron chi connectivity index (χ3n) is 2.09. The summed E-state index contributed by atoms with van der Waals surface area (Å²) in [7, 11) is 1.82. The summed E-state index contributed by atoms with van der Waals surface area (Å²) < 4.78 is 5.10. The van der Waals surface area contributed by atoms with Crippen molar-refractivity contribution in [3.8, 4) is 0 Å². The van der Waals surface area contributed by atoms with Gasteiger partial charge in [0.25, 0.3) is 0 Å². The van der Waals surface area contributed by atoms with E-state index in [1.807, 2.05) is 26.1 Å². The van der Waals surface area contributed by atoms with Crippen LogP contribution in [0.5, 0.6) is 0 Å². The van der Waals surface area contributed by atoms with Gasteiger partial charge in [-0.25, -0.2) is 0 Å². The minimum Gasteiger partial charge on any atom is -0.397 e. The Morgan fingerprint density at radius 2 is 2.23 bits per heavy atom. The van der Waals surface area contributed by atoms with Gasteiger partial charge in [-0.05, 0) is 13.0 Å². The Labute approximate surface area is 75.7 Å². The van der Waals surface area contributed by atoms with Crippen molar-refractivity contribution in [2.75, 3.05) is 18.1 Å². The van der Waals surface area contributed by atoms with E-state index in [0.717, 1.165) is 22.4 Å². The summed E-state index contributed by atoms with van der Waals surface area (Å²) in [6, 6.07) is 3.72. The van der Waals surface area contributed by atoms with Crippen molar-refractivity contribution in [3.63, 3.8) is 0 Å². The molecule has 0 aliphatic heterocycles. The fourth-order valence-electron chi connectivity index (χ4n) is 1.34. The number of nitrogens with two attached hydrogens (primary N) is 1. The summed E-state index contributed by atoms with van der Waals surface area (Å²) in [6.45, 7) is 1.89. The van der Waals surface area contributed by atoms with Gasteiger partial charge in [-0.2, -0.15) is 0 Å². The number of benzene rings is 1. The van der Waals surface area contributed by atoms with Gasteiger partial charge < -0.3 is 15.6 Å². The van der Waals surface area contributed by atoms with Gasteiger partial charge in [-0.1, -0.05) is 5.16 Å². The number of hydrogen-bond donors (Lipinski definition) is 2. The molecule has 1 heterocycles. The van der Waals surface area contributed by atoms with Gasteiger partial charge in [0.15, 0.2) is 5.58 Å². The summed E-state index contributed by atoms with van der Waals surface area (Å²) in [5.74, 6) is 0. The monoisotopic (exact) mass is 177 g/mol. The average Bonchev–Trinajstić information content (AvgIpc) is 2.47. The smallest absolute Gasteiger partial charge is 0.169 e. The van der Waals surface area contributed by atoms with Gasteiger partial charge >= 0.3 is 0 Å². The van der Waals surface area contributed by atoms with Crippen LogP contribution in [0.4, 0.5) is 11.4 Å². The SMILES string of the molecule is CNc1cc2onc(C)c2cc1N. The molecule has 0 radical (unpaired) electrons. The molecule has 4 heteroatoms. The largest absolute Gasteiger partial charge is 0.397 e. The highest BCUT2D eigenvalue weighted by molar-refractivity contribution is 5.89. The Morgan fingerprint density at radius 3 is 2.92 bits per heavy atom. The average molecular weight is 177 g/mol. The van der Waals surface area contributed by atoms with Gasteiger partial charge in [0, 0.05) is 18.5 Å². The van der Waals surface area contributed by atoms with Crippen molar-refractivity contribution in [1.29, 1.82) is 0 Å². The first kappa shape index (κ1) is 7.91. The van der Waals surface area contributed by atoms with Gasteiger partial charge in [0.1, 0.15) is 0 Å². The van der Waals surface area contributed by atoms with Crippen LogP contribution in [-0.2, 0) is 0 Å². The zero-order chi connectivity index (χ0) is 9.42. The lowest BCUT2D eigenvalue weighted by atomic mass is 10.2. The first-order valence-corrected chi connectivity index (χ1v) is 4.05. The Morgan fingerprint density at radius 1 is 1.46 bits per heavy atom. The molecule has 13 heavy (non-hydrogen) atoms.